The molecule has 0 unspecified atom stereocenters. The van der Waals surface area contributed by atoms with Crippen LogP contribution in [0.5, 0.6) is 5.75 Å². The topological polar surface area (TPSA) is 75.7 Å². The van der Waals surface area contributed by atoms with Crippen molar-refractivity contribution in [2.75, 3.05) is 33.5 Å². The van der Waals surface area contributed by atoms with Crippen molar-refractivity contribution in [3.8, 4) is 5.75 Å². The van der Waals surface area contributed by atoms with Gasteiger partial charge in [-0.1, -0.05) is 30.3 Å². The van der Waals surface area contributed by atoms with Crippen molar-refractivity contribution in [2.24, 2.45) is 0 Å². The molecule has 0 fully saturated rings. The second-order valence-corrected chi connectivity index (χ2v) is 9.17. The van der Waals surface area contributed by atoms with Gasteiger partial charge >= 0.3 is 0 Å². The van der Waals surface area contributed by atoms with E-state index < -0.39 is 10.0 Å². The van der Waals surface area contributed by atoms with E-state index in [2.05, 4.69) is 17.4 Å². The number of carbonyl (C=O) groups excluding carboxylic acids is 1. The maximum Gasteiger partial charge on any atom is 0.251 e. The van der Waals surface area contributed by atoms with Gasteiger partial charge < -0.3 is 10.1 Å². The molecule has 0 saturated carbocycles. The zero-order valence-corrected chi connectivity index (χ0v) is 17.3. The third-order valence-electron chi connectivity index (χ3n) is 3.83. The van der Waals surface area contributed by atoms with Crippen molar-refractivity contribution >= 4 is 27.7 Å². The molecule has 0 aliphatic rings. The van der Waals surface area contributed by atoms with E-state index in [9.17, 15) is 13.2 Å². The van der Waals surface area contributed by atoms with Crippen molar-refractivity contribution in [2.45, 2.75) is 10.6 Å². The van der Waals surface area contributed by atoms with E-state index in [4.69, 9.17) is 4.74 Å². The van der Waals surface area contributed by atoms with Crippen LogP contribution in [0.3, 0.4) is 0 Å². The van der Waals surface area contributed by atoms with Gasteiger partial charge in [0.15, 0.2) is 0 Å². The maximum atomic E-state index is 12.4. The summed E-state index contributed by atoms with van der Waals surface area (Å²) in [7, 11) is 0.557. The highest BCUT2D eigenvalue weighted by Crippen LogP contribution is 2.26. The van der Waals surface area contributed by atoms with Crippen LogP contribution < -0.4 is 10.1 Å². The zero-order chi connectivity index (χ0) is 19.9. The first-order chi connectivity index (χ1) is 12.9. The number of ether oxygens (including phenoxy) is 1. The fourth-order valence-electron chi connectivity index (χ4n) is 2.32. The van der Waals surface area contributed by atoms with Gasteiger partial charge in [0.05, 0.1) is 7.11 Å². The molecule has 2 aromatic rings. The van der Waals surface area contributed by atoms with Crippen LogP contribution in [0.4, 0.5) is 0 Å². The first-order valence-corrected chi connectivity index (χ1v) is 11.0. The zero-order valence-electron chi connectivity index (χ0n) is 15.6. The number of rotatable bonds is 9. The monoisotopic (exact) mass is 408 g/mol. The van der Waals surface area contributed by atoms with Crippen LogP contribution in [0.1, 0.15) is 15.9 Å². The smallest absolute Gasteiger partial charge is 0.251 e. The number of hydrogen-bond acceptors (Lipinski definition) is 5. The molecule has 1 N–H and O–H groups in total. The van der Waals surface area contributed by atoms with Crippen molar-refractivity contribution in [1.82, 2.24) is 9.62 Å². The normalized spacial score (nSPS) is 11.4. The molecule has 0 radical (unpaired) electrons. The molecule has 0 aromatic heterocycles. The highest BCUT2D eigenvalue weighted by molar-refractivity contribution is 7.98. The summed E-state index contributed by atoms with van der Waals surface area (Å²) in [5, 5.41) is 2.82. The number of nitrogens with zero attached hydrogens (tertiary/aromatic N) is 1. The lowest BCUT2D eigenvalue weighted by atomic mass is 10.2. The highest BCUT2D eigenvalue weighted by atomic mass is 32.2. The molecule has 2 rings (SSSR count). The number of methoxy groups -OCH3 is 1. The molecule has 0 atom stereocenters. The quantitative estimate of drug-likeness (QED) is 0.646. The molecule has 146 valence electrons. The van der Waals surface area contributed by atoms with Gasteiger partial charge in [0.25, 0.3) is 5.91 Å². The van der Waals surface area contributed by atoms with E-state index in [1.807, 2.05) is 18.2 Å². The van der Waals surface area contributed by atoms with Crippen molar-refractivity contribution in [1.29, 1.82) is 0 Å². The molecule has 0 aliphatic heterocycles. The SMILES string of the molecule is COc1ccc(C(=O)NCCSCc2ccccc2)cc1S(=O)(=O)N(C)C. The first kappa shape index (κ1) is 21.3. The van der Waals surface area contributed by atoms with E-state index in [0.717, 1.165) is 15.8 Å². The lowest BCUT2D eigenvalue weighted by Gasteiger charge is -2.15. The summed E-state index contributed by atoms with van der Waals surface area (Å²) in [5.74, 6) is 1.54. The number of amides is 1. The predicted molar refractivity (Wildman–Crippen MR) is 109 cm³/mol. The van der Waals surface area contributed by atoms with Crippen molar-refractivity contribution < 1.29 is 17.9 Å². The van der Waals surface area contributed by atoms with Crippen LogP contribution in [-0.2, 0) is 15.8 Å². The number of thioether (sulfide) groups is 1. The predicted octanol–water partition coefficient (Wildman–Crippen LogP) is 2.61. The molecule has 8 heteroatoms. The lowest BCUT2D eigenvalue weighted by Crippen LogP contribution is -2.27. The van der Waals surface area contributed by atoms with Crippen LogP contribution in [-0.4, -0.2) is 52.1 Å². The second-order valence-electron chi connectivity index (χ2n) is 5.95. The van der Waals surface area contributed by atoms with Gasteiger partial charge in [0.1, 0.15) is 10.6 Å². The Labute approximate surface area is 165 Å². The van der Waals surface area contributed by atoms with Crippen molar-refractivity contribution in [3.05, 3.63) is 59.7 Å². The highest BCUT2D eigenvalue weighted by Gasteiger charge is 2.23. The molecule has 27 heavy (non-hydrogen) atoms. The third kappa shape index (κ3) is 5.72. The number of hydrogen-bond donors (Lipinski definition) is 1. The molecule has 0 saturated heterocycles. The van der Waals surface area contributed by atoms with Gasteiger partial charge in [0, 0.05) is 37.7 Å². The molecule has 0 bridgehead atoms. The minimum absolute atomic E-state index is 0.0268. The Morgan fingerprint density at radius 3 is 2.48 bits per heavy atom. The average Bonchev–Trinajstić information content (AvgIpc) is 2.67. The second kappa shape index (κ2) is 9.77. The molecule has 2 aromatic carbocycles. The molecular weight excluding hydrogens is 384 g/mol. The van der Waals surface area contributed by atoms with Gasteiger partial charge in [-0.25, -0.2) is 12.7 Å². The Morgan fingerprint density at radius 1 is 1.15 bits per heavy atom. The summed E-state index contributed by atoms with van der Waals surface area (Å²) in [5.41, 5.74) is 1.52. The average molecular weight is 409 g/mol. The van der Waals surface area contributed by atoms with E-state index in [0.29, 0.717) is 6.54 Å². The summed E-state index contributed by atoms with van der Waals surface area (Å²) >= 11 is 1.72. The van der Waals surface area contributed by atoms with E-state index in [1.54, 1.807) is 17.8 Å². The third-order valence-corrected chi connectivity index (χ3v) is 6.69. The van der Waals surface area contributed by atoms with Crippen LogP contribution in [0.15, 0.2) is 53.4 Å². The fraction of sp³-hybridized carbons (Fsp3) is 0.316. The van der Waals surface area contributed by atoms with Gasteiger partial charge in [-0.2, -0.15) is 11.8 Å². The Bertz CT molecular complexity index is 869. The Balaban J connectivity index is 1.96. The van der Waals surface area contributed by atoms with Gasteiger partial charge in [-0.3, -0.25) is 4.79 Å². The van der Waals surface area contributed by atoms with Gasteiger partial charge in [0.2, 0.25) is 10.0 Å². The number of sulfonamides is 1. The summed E-state index contributed by atoms with van der Waals surface area (Å²) in [6.45, 7) is 0.498. The number of carbonyl (C=O) groups is 1. The molecule has 0 aliphatic carbocycles. The summed E-state index contributed by atoms with van der Waals surface area (Å²) in [6, 6.07) is 14.5. The van der Waals surface area contributed by atoms with Gasteiger partial charge in [-0.15, -0.1) is 0 Å². The summed E-state index contributed by atoms with van der Waals surface area (Å²) < 4.78 is 31.1. The molecule has 6 nitrogen and oxygen atoms in total. The number of benzene rings is 2. The largest absolute Gasteiger partial charge is 0.495 e. The summed E-state index contributed by atoms with van der Waals surface area (Å²) in [4.78, 5) is 12.3. The van der Waals surface area contributed by atoms with Crippen LogP contribution in [0.2, 0.25) is 0 Å². The minimum Gasteiger partial charge on any atom is -0.495 e. The van der Waals surface area contributed by atoms with Crippen LogP contribution >= 0.6 is 11.8 Å². The van der Waals surface area contributed by atoms with E-state index in [-0.39, 0.29) is 22.1 Å². The lowest BCUT2D eigenvalue weighted by molar-refractivity contribution is 0.0956. The van der Waals surface area contributed by atoms with E-state index >= 15 is 0 Å². The summed E-state index contributed by atoms with van der Waals surface area (Å²) in [6.07, 6.45) is 0. The standard InChI is InChI=1S/C19H24N2O4S2/c1-21(2)27(23,24)18-13-16(9-10-17(18)25-3)19(22)20-11-12-26-14-15-7-5-4-6-8-15/h4-10,13H,11-12,14H2,1-3H3,(H,20,22). The molecule has 0 spiro atoms. The molecule has 1 amide bonds. The fourth-order valence-corrected chi connectivity index (χ4v) is 4.21. The molecule has 0 heterocycles. The first-order valence-electron chi connectivity index (χ1n) is 8.36. The van der Waals surface area contributed by atoms with Crippen LogP contribution in [0.25, 0.3) is 0 Å². The Hall–Kier alpha value is -2.03. The Morgan fingerprint density at radius 2 is 1.85 bits per heavy atom. The minimum atomic E-state index is -3.71. The van der Waals surface area contributed by atoms with E-state index in [1.165, 1.54) is 38.9 Å². The van der Waals surface area contributed by atoms with Crippen LogP contribution in [0, 0.1) is 0 Å². The van der Waals surface area contributed by atoms with Gasteiger partial charge in [-0.05, 0) is 23.8 Å². The number of nitrogens with one attached hydrogen (secondary N) is 1. The van der Waals surface area contributed by atoms with Crippen molar-refractivity contribution in [3.63, 3.8) is 0 Å². The maximum absolute atomic E-state index is 12.4. The Kier molecular flexibility index (Phi) is 7.70. The molecular formula is C19H24N2O4S2.